The standard InChI is InChI=1S/C13H28N2O/c1-6-12-8-16-11(2)7-15(12)10-13(3,4)9-14-5/h11-12,14H,6-10H2,1-5H3. The van der Waals surface area contributed by atoms with Crippen LogP contribution in [-0.4, -0.2) is 50.3 Å². The quantitative estimate of drug-likeness (QED) is 0.775. The average Bonchev–Trinajstić information content (AvgIpc) is 2.17. The number of nitrogens with zero attached hydrogens (tertiary/aromatic N) is 1. The van der Waals surface area contributed by atoms with E-state index in [1.807, 2.05) is 7.05 Å². The van der Waals surface area contributed by atoms with Gasteiger partial charge in [-0.1, -0.05) is 20.8 Å². The molecule has 0 amide bonds. The van der Waals surface area contributed by atoms with E-state index in [0.29, 0.717) is 17.6 Å². The summed E-state index contributed by atoms with van der Waals surface area (Å²) in [5, 5.41) is 3.28. The molecule has 1 aliphatic heterocycles. The summed E-state index contributed by atoms with van der Waals surface area (Å²) in [7, 11) is 2.03. The third-order valence-electron chi connectivity index (χ3n) is 3.34. The molecule has 1 saturated heterocycles. The Morgan fingerprint density at radius 3 is 2.69 bits per heavy atom. The van der Waals surface area contributed by atoms with Crippen molar-refractivity contribution in [2.24, 2.45) is 5.41 Å². The van der Waals surface area contributed by atoms with Gasteiger partial charge < -0.3 is 10.1 Å². The molecule has 16 heavy (non-hydrogen) atoms. The summed E-state index contributed by atoms with van der Waals surface area (Å²) in [5.74, 6) is 0. The Kier molecular flexibility index (Phi) is 5.22. The fraction of sp³-hybridized carbons (Fsp3) is 1.00. The summed E-state index contributed by atoms with van der Waals surface area (Å²) >= 11 is 0. The molecule has 96 valence electrons. The molecule has 2 unspecified atom stereocenters. The van der Waals surface area contributed by atoms with Crippen LogP contribution in [0.5, 0.6) is 0 Å². The van der Waals surface area contributed by atoms with Crippen molar-refractivity contribution in [2.45, 2.75) is 46.3 Å². The van der Waals surface area contributed by atoms with Gasteiger partial charge in [0, 0.05) is 25.7 Å². The van der Waals surface area contributed by atoms with Crippen LogP contribution < -0.4 is 5.32 Å². The van der Waals surface area contributed by atoms with Crippen LogP contribution in [0.1, 0.15) is 34.1 Å². The Bertz CT molecular complexity index is 206. The normalized spacial score (nSPS) is 28.3. The zero-order chi connectivity index (χ0) is 12.2. The molecule has 2 atom stereocenters. The maximum atomic E-state index is 5.73. The number of hydrogen-bond donors (Lipinski definition) is 1. The van der Waals surface area contributed by atoms with E-state index in [2.05, 4.69) is 37.9 Å². The maximum absolute atomic E-state index is 5.73. The molecule has 1 rings (SSSR count). The molecule has 1 N–H and O–H groups in total. The fourth-order valence-corrected chi connectivity index (χ4v) is 2.57. The van der Waals surface area contributed by atoms with Gasteiger partial charge in [0.2, 0.25) is 0 Å². The third kappa shape index (κ3) is 4.04. The monoisotopic (exact) mass is 228 g/mol. The Hall–Kier alpha value is -0.120. The molecule has 1 aliphatic rings. The van der Waals surface area contributed by atoms with Crippen molar-refractivity contribution < 1.29 is 4.74 Å². The Labute approximate surface area is 101 Å². The first-order valence-corrected chi connectivity index (χ1v) is 6.48. The van der Waals surface area contributed by atoms with E-state index >= 15 is 0 Å². The Morgan fingerprint density at radius 1 is 1.44 bits per heavy atom. The number of ether oxygens (including phenoxy) is 1. The van der Waals surface area contributed by atoms with Crippen molar-refractivity contribution in [1.29, 1.82) is 0 Å². The van der Waals surface area contributed by atoms with Crippen molar-refractivity contribution in [3.05, 3.63) is 0 Å². The molecular weight excluding hydrogens is 200 g/mol. The number of morpholine rings is 1. The Balaban J connectivity index is 2.54. The lowest BCUT2D eigenvalue weighted by molar-refractivity contribution is -0.0662. The second-order valence-electron chi connectivity index (χ2n) is 5.83. The lowest BCUT2D eigenvalue weighted by Gasteiger charge is -2.42. The van der Waals surface area contributed by atoms with E-state index in [0.717, 1.165) is 26.2 Å². The minimum atomic E-state index is 0.333. The van der Waals surface area contributed by atoms with Gasteiger partial charge in [-0.3, -0.25) is 4.90 Å². The summed E-state index contributed by atoms with van der Waals surface area (Å²) in [6.07, 6.45) is 1.57. The van der Waals surface area contributed by atoms with Gasteiger partial charge >= 0.3 is 0 Å². The zero-order valence-electron chi connectivity index (χ0n) is 11.5. The molecule has 0 aliphatic carbocycles. The van der Waals surface area contributed by atoms with Crippen LogP contribution in [0.25, 0.3) is 0 Å². The van der Waals surface area contributed by atoms with E-state index in [-0.39, 0.29) is 0 Å². The van der Waals surface area contributed by atoms with Crippen molar-refractivity contribution in [3.63, 3.8) is 0 Å². The molecule has 1 fully saturated rings. The van der Waals surface area contributed by atoms with Gasteiger partial charge in [0.25, 0.3) is 0 Å². The van der Waals surface area contributed by atoms with Crippen LogP contribution in [0.4, 0.5) is 0 Å². The third-order valence-corrected chi connectivity index (χ3v) is 3.34. The molecule has 1 heterocycles. The summed E-state index contributed by atoms with van der Waals surface area (Å²) < 4.78 is 5.73. The molecule has 0 spiro atoms. The van der Waals surface area contributed by atoms with Gasteiger partial charge in [-0.25, -0.2) is 0 Å². The first kappa shape index (κ1) is 13.9. The maximum Gasteiger partial charge on any atom is 0.0674 e. The average molecular weight is 228 g/mol. The highest BCUT2D eigenvalue weighted by Gasteiger charge is 2.30. The topological polar surface area (TPSA) is 24.5 Å². The van der Waals surface area contributed by atoms with Crippen LogP contribution in [0.15, 0.2) is 0 Å². The van der Waals surface area contributed by atoms with Gasteiger partial charge in [-0.2, -0.15) is 0 Å². The van der Waals surface area contributed by atoms with Gasteiger partial charge in [0.05, 0.1) is 12.7 Å². The summed E-state index contributed by atoms with van der Waals surface area (Å²) in [6, 6.07) is 0.604. The minimum absolute atomic E-state index is 0.333. The molecule has 0 bridgehead atoms. The van der Waals surface area contributed by atoms with E-state index in [1.54, 1.807) is 0 Å². The second-order valence-corrected chi connectivity index (χ2v) is 5.83. The molecule has 0 aromatic heterocycles. The summed E-state index contributed by atoms with van der Waals surface area (Å²) in [6.45, 7) is 13.3. The van der Waals surface area contributed by atoms with Gasteiger partial charge in [-0.05, 0) is 25.8 Å². The highest BCUT2D eigenvalue weighted by molar-refractivity contribution is 4.83. The van der Waals surface area contributed by atoms with Crippen LogP contribution in [0.3, 0.4) is 0 Å². The summed E-state index contributed by atoms with van der Waals surface area (Å²) in [5.41, 5.74) is 0.333. The van der Waals surface area contributed by atoms with Crippen LogP contribution in [-0.2, 0) is 4.74 Å². The fourth-order valence-electron chi connectivity index (χ4n) is 2.57. The summed E-state index contributed by atoms with van der Waals surface area (Å²) in [4.78, 5) is 2.60. The van der Waals surface area contributed by atoms with E-state index in [9.17, 15) is 0 Å². The predicted molar refractivity (Wildman–Crippen MR) is 68.8 cm³/mol. The number of hydrogen-bond acceptors (Lipinski definition) is 3. The molecule has 3 heteroatoms. The van der Waals surface area contributed by atoms with Gasteiger partial charge in [0.1, 0.15) is 0 Å². The van der Waals surface area contributed by atoms with Crippen molar-refractivity contribution in [1.82, 2.24) is 10.2 Å². The smallest absolute Gasteiger partial charge is 0.0674 e. The van der Waals surface area contributed by atoms with E-state index in [1.165, 1.54) is 6.42 Å². The second kappa shape index (κ2) is 5.99. The SMILES string of the molecule is CCC1COC(C)CN1CC(C)(C)CNC. The van der Waals surface area contributed by atoms with E-state index < -0.39 is 0 Å². The lowest BCUT2D eigenvalue weighted by atomic mass is 9.91. The van der Waals surface area contributed by atoms with Crippen molar-refractivity contribution >= 4 is 0 Å². The van der Waals surface area contributed by atoms with Crippen LogP contribution in [0, 0.1) is 5.41 Å². The first-order chi connectivity index (χ1) is 7.48. The molecule has 0 radical (unpaired) electrons. The lowest BCUT2D eigenvalue weighted by Crippen LogP contribution is -2.52. The molecule has 3 nitrogen and oxygen atoms in total. The first-order valence-electron chi connectivity index (χ1n) is 6.48. The molecule has 0 saturated carbocycles. The van der Waals surface area contributed by atoms with Crippen molar-refractivity contribution in [2.75, 3.05) is 33.3 Å². The molecular formula is C13H28N2O. The number of nitrogens with one attached hydrogen (secondary N) is 1. The zero-order valence-corrected chi connectivity index (χ0v) is 11.5. The van der Waals surface area contributed by atoms with Crippen LogP contribution in [0.2, 0.25) is 0 Å². The van der Waals surface area contributed by atoms with E-state index in [4.69, 9.17) is 4.74 Å². The van der Waals surface area contributed by atoms with Gasteiger partial charge in [0.15, 0.2) is 0 Å². The Morgan fingerprint density at radius 2 is 2.12 bits per heavy atom. The van der Waals surface area contributed by atoms with Gasteiger partial charge in [-0.15, -0.1) is 0 Å². The highest BCUT2D eigenvalue weighted by Crippen LogP contribution is 2.22. The molecule has 0 aromatic carbocycles. The van der Waals surface area contributed by atoms with Crippen LogP contribution >= 0.6 is 0 Å². The highest BCUT2D eigenvalue weighted by atomic mass is 16.5. The van der Waals surface area contributed by atoms with Crippen molar-refractivity contribution in [3.8, 4) is 0 Å². The number of rotatable bonds is 5. The predicted octanol–water partition coefficient (Wildman–Crippen LogP) is 1.73. The molecule has 0 aromatic rings. The minimum Gasteiger partial charge on any atom is -0.376 e. The largest absolute Gasteiger partial charge is 0.376 e.